The van der Waals surface area contributed by atoms with E-state index in [4.69, 9.17) is 27.9 Å². The second-order valence-electron chi connectivity index (χ2n) is 10.2. The van der Waals surface area contributed by atoms with E-state index in [1.807, 2.05) is 61.5 Å². The van der Waals surface area contributed by atoms with E-state index in [1.54, 1.807) is 12.1 Å². The van der Waals surface area contributed by atoms with Crippen LogP contribution in [0.4, 0.5) is 0 Å². The smallest absolute Gasteiger partial charge is 0.297 e. The van der Waals surface area contributed by atoms with E-state index in [0.717, 1.165) is 22.3 Å². The lowest BCUT2D eigenvalue weighted by Crippen LogP contribution is -2.34. The van der Waals surface area contributed by atoms with Gasteiger partial charge in [-0.25, -0.2) is 0 Å². The molecule has 0 aromatic heterocycles. The summed E-state index contributed by atoms with van der Waals surface area (Å²) in [5, 5.41) is 0. The zero-order valence-corrected chi connectivity index (χ0v) is 26.5. The molecular formula is C36H42O8S. The lowest BCUT2D eigenvalue weighted by Gasteiger charge is -2.36. The summed E-state index contributed by atoms with van der Waals surface area (Å²) < 4.78 is 58.3. The van der Waals surface area contributed by atoms with Crippen LogP contribution in [0.1, 0.15) is 22.3 Å². The molecule has 9 heteroatoms. The monoisotopic (exact) mass is 634 g/mol. The van der Waals surface area contributed by atoms with Gasteiger partial charge in [-0.05, 0) is 35.7 Å². The molecule has 240 valence electrons. The highest BCUT2D eigenvalue weighted by Gasteiger charge is 2.37. The standard InChI is InChI=1S/C36H42O8S/c1-31-17-19-35(20-18-31)45(37,38)44-30-28-42-26-24-40-22-21-39-23-25-41-27-29-43-36(32-11-5-2-6-12-32,33-13-7-3-8-14-33)34-15-9-4-10-16-34/h2-20H,21-30H2,1H3. The molecule has 4 aromatic rings. The highest BCUT2D eigenvalue weighted by molar-refractivity contribution is 7.86. The fraction of sp³-hybridized carbons (Fsp3) is 0.333. The van der Waals surface area contributed by atoms with Crippen LogP contribution in [0.3, 0.4) is 0 Å². The molecule has 4 rings (SSSR count). The van der Waals surface area contributed by atoms with Gasteiger partial charge in [0, 0.05) is 0 Å². The van der Waals surface area contributed by atoms with Crippen LogP contribution in [0.15, 0.2) is 120 Å². The predicted octanol–water partition coefficient (Wildman–Crippen LogP) is 5.78. The molecule has 0 aliphatic rings. The Labute approximate surface area is 266 Å². The molecule has 0 fully saturated rings. The van der Waals surface area contributed by atoms with Crippen molar-refractivity contribution >= 4 is 10.1 Å². The Morgan fingerprint density at radius 2 is 0.822 bits per heavy atom. The topological polar surface area (TPSA) is 89.5 Å². The highest BCUT2D eigenvalue weighted by Crippen LogP contribution is 2.40. The van der Waals surface area contributed by atoms with Gasteiger partial charge in [0.1, 0.15) is 5.60 Å². The SMILES string of the molecule is Cc1ccc(S(=O)(=O)OCCOCCOCCOCCOCCOC(c2ccccc2)(c2ccccc2)c2ccccc2)cc1. The second kappa shape index (κ2) is 18.5. The summed E-state index contributed by atoms with van der Waals surface area (Å²) in [4.78, 5) is 0.131. The number of aryl methyl sites for hydroxylation is 1. The van der Waals surface area contributed by atoms with Crippen molar-refractivity contribution in [3.05, 3.63) is 138 Å². The number of hydrogen-bond donors (Lipinski definition) is 0. The van der Waals surface area contributed by atoms with Crippen molar-refractivity contribution < 1.29 is 36.3 Å². The van der Waals surface area contributed by atoms with E-state index in [2.05, 4.69) is 36.4 Å². The Bertz CT molecular complexity index is 1370. The maximum absolute atomic E-state index is 12.1. The van der Waals surface area contributed by atoms with Gasteiger partial charge in [0.2, 0.25) is 0 Å². The molecule has 0 saturated heterocycles. The fourth-order valence-electron chi connectivity index (χ4n) is 4.76. The van der Waals surface area contributed by atoms with Gasteiger partial charge in [-0.15, -0.1) is 0 Å². The maximum Gasteiger partial charge on any atom is 0.297 e. The average molecular weight is 635 g/mol. The first kappa shape index (κ1) is 34.5. The third kappa shape index (κ3) is 10.6. The van der Waals surface area contributed by atoms with Gasteiger partial charge in [0.25, 0.3) is 10.1 Å². The molecule has 0 bridgehead atoms. The van der Waals surface area contributed by atoms with Crippen LogP contribution in [0.2, 0.25) is 0 Å². The highest BCUT2D eigenvalue weighted by atomic mass is 32.2. The number of rotatable bonds is 21. The van der Waals surface area contributed by atoms with Gasteiger partial charge in [-0.3, -0.25) is 4.18 Å². The van der Waals surface area contributed by atoms with E-state index >= 15 is 0 Å². The largest absolute Gasteiger partial charge is 0.377 e. The van der Waals surface area contributed by atoms with Crippen molar-refractivity contribution in [1.82, 2.24) is 0 Å². The summed E-state index contributed by atoms with van der Waals surface area (Å²) in [6, 6.07) is 37.3. The van der Waals surface area contributed by atoms with Crippen molar-refractivity contribution in [2.24, 2.45) is 0 Å². The normalized spacial score (nSPS) is 11.9. The number of hydrogen-bond acceptors (Lipinski definition) is 8. The first-order chi connectivity index (χ1) is 22.0. The summed E-state index contributed by atoms with van der Waals surface area (Å²) in [5.41, 5.74) is 3.36. The van der Waals surface area contributed by atoms with Crippen LogP contribution >= 0.6 is 0 Å². The molecule has 0 atom stereocenters. The molecule has 0 heterocycles. The minimum absolute atomic E-state index is 0.0594. The van der Waals surface area contributed by atoms with Gasteiger partial charge in [0.15, 0.2) is 0 Å². The Hall–Kier alpha value is -3.41. The quantitative estimate of drug-likeness (QED) is 0.0648. The molecule has 4 aromatic carbocycles. The molecule has 0 aliphatic carbocycles. The molecule has 0 aliphatic heterocycles. The molecule has 0 amide bonds. The molecule has 0 spiro atoms. The van der Waals surface area contributed by atoms with Gasteiger partial charge in [-0.2, -0.15) is 8.42 Å². The van der Waals surface area contributed by atoms with Crippen molar-refractivity contribution in [3.63, 3.8) is 0 Å². The predicted molar refractivity (Wildman–Crippen MR) is 173 cm³/mol. The molecule has 0 saturated carbocycles. The van der Waals surface area contributed by atoms with Crippen molar-refractivity contribution in [3.8, 4) is 0 Å². The summed E-state index contributed by atoms with van der Waals surface area (Å²) in [6.45, 7) is 5.20. The van der Waals surface area contributed by atoms with Crippen molar-refractivity contribution in [1.29, 1.82) is 0 Å². The Balaban J connectivity index is 1.08. The number of benzene rings is 4. The van der Waals surface area contributed by atoms with Crippen LogP contribution in [-0.4, -0.2) is 74.5 Å². The van der Waals surface area contributed by atoms with Crippen molar-refractivity contribution in [2.75, 3.05) is 66.1 Å². The summed E-state index contributed by atoms with van der Waals surface area (Å²) in [6.07, 6.45) is 0. The van der Waals surface area contributed by atoms with Crippen LogP contribution in [0, 0.1) is 6.92 Å². The Kier molecular flexibility index (Phi) is 14.2. The van der Waals surface area contributed by atoms with Crippen LogP contribution < -0.4 is 0 Å². The summed E-state index contributed by atoms with van der Waals surface area (Å²) in [5.74, 6) is 0. The summed E-state index contributed by atoms with van der Waals surface area (Å²) >= 11 is 0. The Morgan fingerprint density at radius 3 is 1.22 bits per heavy atom. The maximum atomic E-state index is 12.1. The third-order valence-electron chi connectivity index (χ3n) is 6.98. The first-order valence-corrected chi connectivity index (χ1v) is 16.5. The summed E-state index contributed by atoms with van der Waals surface area (Å²) in [7, 11) is -3.78. The van der Waals surface area contributed by atoms with Crippen LogP contribution in [-0.2, 0) is 43.6 Å². The third-order valence-corrected chi connectivity index (χ3v) is 8.31. The zero-order valence-electron chi connectivity index (χ0n) is 25.7. The molecule has 0 unspecified atom stereocenters. The second-order valence-corrected chi connectivity index (χ2v) is 11.8. The van der Waals surface area contributed by atoms with Crippen molar-refractivity contribution in [2.45, 2.75) is 17.4 Å². The molecular weight excluding hydrogens is 592 g/mol. The van der Waals surface area contributed by atoms with E-state index in [-0.39, 0.29) is 18.1 Å². The van der Waals surface area contributed by atoms with Crippen LogP contribution in [0.25, 0.3) is 0 Å². The van der Waals surface area contributed by atoms with E-state index in [0.29, 0.717) is 52.9 Å². The molecule has 0 N–H and O–H groups in total. The molecule has 8 nitrogen and oxygen atoms in total. The van der Waals surface area contributed by atoms with Crippen LogP contribution in [0.5, 0.6) is 0 Å². The van der Waals surface area contributed by atoms with E-state index < -0.39 is 15.7 Å². The molecule has 45 heavy (non-hydrogen) atoms. The molecule has 0 radical (unpaired) electrons. The van der Waals surface area contributed by atoms with Gasteiger partial charge < -0.3 is 23.7 Å². The lowest BCUT2D eigenvalue weighted by atomic mass is 9.80. The Morgan fingerprint density at radius 1 is 0.467 bits per heavy atom. The van der Waals surface area contributed by atoms with E-state index in [1.165, 1.54) is 12.1 Å². The lowest BCUT2D eigenvalue weighted by molar-refractivity contribution is -0.0386. The van der Waals surface area contributed by atoms with Gasteiger partial charge in [0.05, 0.1) is 71.0 Å². The van der Waals surface area contributed by atoms with Gasteiger partial charge >= 0.3 is 0 Å². The minimum atomic E-state index is -3.78. The average Bonchev–Trinajstić information content (AvgIpc) is 3.08. The minimum Gasteiger partial charge on any atom is -0.377 e. The van der Waals surface area contributed by atoms with E-state index in [9.17, 15) is 8.42 Å². The van der Waals surface area contributed by atoms with Gasteiger partial charge in [-0.1, -0.05) is 109 Å². The zero-order chi connectivity index (χ0) is 31.6. The number of ether oxygens (including phenoxy) is 5. The first-order valence-electron chi connectivity index (χ1n) is 15.1. The fourth-order valence-corrected chi connectivity index (χ4v) is 5.65.